The van der Waals surface area contributed by atoms with Crippen LogP contribution in [0.1, 0.15) is 16.1 Å². The molecule has 1 heterocycles. The van der Waals surface area contributed by atoms with Crippen LogP contribution in [-0.2, 0) is 9.84 Å². The monoisotopic (exact) mass is 541 g/mol. The number of carbonyl (C=O) groups is 1. The fourth-order valence-electron chi connectivity index (χ4n) is 3.27. The molecule has 0 amide bonds. The Bertz CT molecular complexity index is 1500. The number of hydrogen-bond donors (Lipinski definition) is 0. The SMILES string of the molecule is Cc1nn(-c2ccccc2)c(OC(=O)c2ccccc2Br)c1S(=O)(=O)c1ccc([N+](=O)[O-])cc1. The van der Waals surface area contributed by atoms with Crippen molar-refractivity contribution in [3.8, 4) is 11.6 Å². The van der Waals surface area contributed by atoms with E-state index < -0.39 is 20.7 Å². The number of esters is 1. The van der Waals surface area contributed by atoms with Gasteiger partial charge in [-0.3, -0.25) is 10.1 Å². The average Bonchev–Trinajstić information content (AvgIpc) is 3.16. The van der Waals surface area contributed by atoms with Crippen LogP contribution in [0.25, 0.3) is 5.69 Å². The van der Waals surface area contributed by atoms with Crippen LogP contribution in [0.2, 0.25) is 0 Å². The molecule has 3 aromatic carbocycles. The fourth-order valence-corrected chi connectivity index (χ4v) is 5.23. The number of ether oxygens (including phenoxy) is 1. The number of rotatable bonds is 6. The van der Waals surface area contributed by atoms with Crippen molar-refractivity contribution in [1.29, 1.82) is 0 Å². The van der Waals surface area contributed by atoms with Crippen molar-refractivity contribution < 1.29 is 22.9 Å². The molecule has 4 aromatic rings. The molecule has 0 aliphatic carbocycles. The van der Waals surface area contributed by atoms with Crippen molar-refractivity contribution in [3.63, 3.8) is 0 Å². The molecule has 11 heteroatoms. The second kappa shape index (κ2) is 9.20. The van der Waals surface area contributed by atoms with Gasteiger partial charge in [0.05, 0.1) is 26.8 Å². The van der Waals surface area contributed by atoms with Gasteiger partial charge in [0.2, 0.25) is 15.7 Å². The van der Waals surface area contributed by atoms with E-state index in [9.17, 15) is 23.3 Å². The number of nitrogens with zero attached hydrogens (tertiary/aromatic N) is 3. The Morgan fingerprint density at radius 2 is 1.62 bits per heavy atom. The van der Waals surface area contributed by atoms with Gasteiger partial charge in [-0.15, -0.1) is 0 Å². The molecule has 9 nitrogen and oxygen atoms in total. The predicted octanol–water partition coefficient (Wildman–Crippen LogP) is 4.90. The number of aryl methyl sites for hydroxylation is 1. The van der Waals surface area contributed by atoms with E-state index in [-0.39, 0.29) is 32.6 Å². The molecule has 0 aliphatic heterocycles. The number of nitro groups is 1. The number of para-hydroxylation sites is 1. The van der Waals surface area contributed by atoms with Crippen LogP contribution in [0, 0.1) is 17.0 Å². The van der Waals surface area contributed by atoms with Crippen LogP contribution in [-0.4, -0.2) is 29.1 Å². The lowest BCUT2D eigenvalue weighted by atomic mass is 10.2. The maximum Gasteiger partial charge on any atom is 0.346 e. The van der Waals surface area contributed by atoms with Gasteiger partial charge in [0, 0.05) is 16.6 Å². The number of halogens is 1. The summed E-state index contributed by atoms with van der Waals surface area (Å²) in [5.41, 5.74) is 0.513. The predicted molar refractivity (Wildman–Crippen MR) is 126 cm³/mol. The highest BCUT2D eigenvalue weighted by atomic mass is 79.9. The Morgan fingerprint density at radius 3 is 2.24 bits per heavy atom. The van der Waals surface area contributed by atoms with Crippen molar-refractivity contribution in [2.24, 2.45) is 0 Å². The van der Waals surface area contributed by atoms with Crippen molar-refractivity contribution in [2.75, 3.05) is 0 Å². The molecule has 0 fully saturated rings. The maximum absolute atomic E-state index is 13.6. The van der Waals surface area contributed by atoms with E-state index in [0.29, 0.717) is 10.2 Å². The Kier molecular flexibility index (Phi) is 6.31. The quantitative estimate of drug-likeness (QED) is 0.193. The molecule has 4 rings (SSSR count). The van der Waals surface area contributed by atoms with E-state index >= 15 is 0 Å². The van der Waals surface area contributed by atoms with Crippen LogP contribution >= 0.6 is 15.9 Å². The first kappa shape index (κ1) is 23.3. The van der Waals surface area contributed by atoms with Gasteiger partial charge in [-0.2, -0.15) is 9.78 Å². The highest BCUT2D eigenvalue weighted by Crippen LogP contribution is 2.35. The van der Waals surface area contributed by atoms with E-state index in [4.69, 9.17) is 4.74 Å². The Labute approximate surface area is 202 Å². The molecule has 0 bridgehead atoms. The summed E-state index contributed by atoms with van der Waals surface area (Å²) in [6.07, 6.45) is 0. The van der Waals surface area contributed by atoms with Crippen molar-refractivity contribution >= 4 is 37.4 Å². The van der Waals surface area contributed by atoms with E-state index in [2.05, 4.69) is 21.0 Å². The highest BCUT2D eigenvalue weighted by Gasteiger charge is 2.32. The molecular weight excluding hydrogens is 526 g/mol. The minimum atomic E-state index is -4.26. The van der Waals surface area contributed by atoms with Gasteiger partial charge in [0.1, 0.15) is 0 Å². The average molecular weight is 542 g/mol. The topological polar surface area (TPSA) is 121 Å². The third-order valence-corrected chi connectivity index (χ3v) is 7.47. The minimum absolute atomic E-state index is 0.0946. The van der Waals surface area contributed by atoms with Gasteiger partial charge >= 0.3 is 5.97 Å². The lowest BCUT2D eigenvalue weighted by Gasteiger charge is -2.11. The van der Waals surface area contributed by atoms with E-state index in [0.717, 1.165) is 24.3 Å². The molecular formula is C23H16BrN3O6S. The molecule has 172 valence electrons. The van der Waals surface area contributed by atoms with Crippen LogP contribution in [0.3, 0.4) is 0 Å². The number of sulfone groups is 1. The number of hydrogen-bond acceptors (Lipinski definition) is 7. The van der Waals surface area contributed by atoms with Gasteiger partial charge in [0.15, 0.2) is 4.90 Å². The van der Waals surface area contributed by atoms with Gasteiger partial charge in [-0.05, 0) is 59.3 Å². The van der Waals surface area contributed by atoms with Crippen LogP contribution in [0.5, 0.6) is 5.88 Å². The molecule has 0 spiro atoms. The maximum atomic E-state index is 13.6. The lowest BCUT2D eigenvalue weighted by molar-refractivity contribution is -0.384. The molecule has 1 aromatic heterocycles. The van der Waals surface area contributed by atoms with Gasteiger partial charge in [0.25, 0.3) is 5.69 Å². The zero-order chi connectivity index (χ0) is 24.5. The second-order valence-electron chi connectivity index (χ2n) is 7.09. The Hall–Kier alpha value is -3.83. The molecule has 0 saturated carbocycles. The molecule has 0 saturated heterocycles. The number of nitro benzene ring substituents is 1. The first-order chi connectivity index (χ1) is 16.2. The number of non-ortho nitro benzene ring substituents is 1. The van der Waals surface area contributed by atoms with Gasteiger partial charge < -0.3 is 4.74 Å². The zero-order valence-corrected chi connectivity index (χ0v) is 20.0. The zero-order valence-electron chi connectivity index (χ0n) is 17.6. The van der Waals surface area contributed by atoms with E-state index in [1.165, 1.54) is 17.7 Å². The summed E-state index contributed by atoms with van der Waals surface area (Å²) in [5, 5.41) is 15.3. The lowest BCUT2D eigenvalue weighted by Crippen LogP contribution is -2.15. The van der Waals surface area contributed by atoms with Crippen molar-refractivity contribution in [1.82, 2.24) is 9.78 Å². The van der Waals surface area contributed by atoms with Crippen LogP contribution in [0.15, 0.2) is 93.1 Å². The summed E-state index contributed by atoms with van der Waals surface area (Å²) in [7, 11) is -4.26. The minimum Gasteiger partial charge on any atom is -0.402 e. The van der Waals surface area contributed by atoms with Gasteiger partial charge in [-0.25, -0.2) is 13.2 Å². The summed E-state index contributed by atoms with van der Waals surface area (Å²) in [6.45, 7) is 1.48. The standard InChI is InChI=1S/C23H16BrN3O6S/c1-15-21(34(31,32)18-13-11-17(12-14-18)27(29)30)22(26(25-15)16-7-3-2-4-8-16)33-23(28)19-9-5-6-10-20(19)24/h2-14H,1H3. The second-order valence-corrected chi connectivity index (χ2v) is 9.83. The first-order valence-corrected chi connectivity index (χ1v) is 12.1. The van der Waals surface area contributed by atoms with E-state index in [1.807, 2.05) is 0 Å². The largest absolute Gasteiger partial charge is 0.402 e. The molecule has 34 heavy (non-hydrogen) atoms. The van der Waals surface area contributed by atoms with Crippen LogP contribution < -0.4 is 4.74 Å². The van der Waals surface area contributed by atoms with Crippen molar-refractivity contribution in [3.05, 3.63) is 105 Å². The molecule has 0 radical (unpaired) electrons. The summed E-state index contributed by atoms with van der Waals surface area (Å²) in [6, 6.07) is 19.6. The summed E-state index contributed by atoms with van der Waals surface area (Å²) >= 11 is 3.30. The molecule has 0 aliphatic rings. The number of carbonyl (C=O) groups excluding carboxylic acids is 1. The third kappa shape index (κ3) is 4.35. The van der Waals surface area contributed by atoms with Crippen molar-refractivity contribution in [2.45, 2.75) is 16.7 Å². The van der Waals surface area contributed by atoms with Crippen LogP contribution in [0.4, 0.5) is 5.69 Å². The van der Waals surface area contributed by atoms with Gasteiger partial charge in [-0.1, -0.05) is 30.3 Å². The molecule has 0 atom stereocenters. The number of aromatic nitrogens is 2. The summed E-state index contributed by atoms with van der Waals surface area (Å²) in [5.74, 6) is -1.08. The third-order valence-electron chi connectivity index (χ3n) is 4.88. The summed E-state index contributed by atoms with van der Waals surface area (Å²) < 4.78 is 34.5. The number of benzene rings is 3. The Morgan fingerprint density at radius 1 is 1.00 bits per heavy atom. The Balaban J connectivity index is 1.89. The highest BCUT2D eigenvalue weighted by molar-refractivity contribution is 9.10. The smallest absolute Gasteiger partial charge is 0.346 e. The fraction of sp³-hybridized carbons (Fsp3) is 0.0435. The molecule has 0 unspecified atom stereocenters. The summed E-state index contributed by atoms with van der Waals surface area (Å²) in [4.78, 5) is 22.8. The normalized spacial score (nSPS) is 11.2. The molecule has 0 N–H and O–H groups in total. The van der Waals surface area contributed by atoms with E-state index in [1.54, 1.807) is 48.5 Å². The first-order valence-electron chi connectivity index (χ1n) is 9.81.